The number of hydrogen-bond donors (Lipinski definition) is 1. The summed E-state index contributed by atoms with van der Waals surface area (Å²) in [7, 11) is 0. The molecule has 1 atom stereocenters. The van der Waals surface area contributed by atoms with Crippen LogP contribution in [0.1, 0.15) is 20.3 Å². The maximum Gasteiger partial charge on any atom is 0.239 e. The Bertz CT molecular complexity index is 209. The Morgan fingerprint density at radius 1 is 1.75 bits per heavy atom. The average Bonchev–Trinajstić information content (AvgIpc) is 2.03. The summed E-state index contributed by atoms with van der Waals surface area (Å²) in [5.74, 6) is 0.0578. The van der Waals surface area contributed by atoms with Gasteiger partial charge in [0.2, 0.25) is 5.91 Å². The highest BCUT2D eigenvalue weighted by Crippen LogP contribution is 2.09. The standard InChI is InChI=1S/C9H16N2O/c1-7-4-3-5-11(6-7)9(12)8(2)10/h4,8H,3,5-6,10H2,1-2H3/t8-/m1/s1. The van der Waals surface area contributed by atoms with Gasteiger partial charge < -0.3 is 10.6 Å². The van der Waals surface area contributed by atoms with E-state index in [0.717, 1.165) is 19.5 Å². The van der Waals surface area contributed by atoms with Gasteiger partial charge in [-0.15, -0.1) is 0 Å². The summed E-state index contributed by atoms with van der Waals surface area (Å²) >= 11 is 0. The molecule has 3 heteroatoms. The zero-order valence-electron chi connectivity index (χ0n) is 7.71. The van der Waals surface area contributed by atoms with E-state index in [4.69, 9.17) is 5.73 Å². The van der Waals surface area contributed by atoms with Crippen molar-refractivity contribution in [2.24, 2.45) is 5.73 Å². The summed E-state index contributed by atoms with van der Waals surface area (Å²) in [5.41, 5.74) is 6.76. The van der Waals surface area contributed by atoms with E-state index in [1.165, 1.54) is 5.57 Å². The highest BCUT2D eigenvalue weighted by Gasteiger charge is 2.18. The summed E-state index contributed by atoms with van der Waals surface area (Å²) < 4.78 is 0. The predicted octanol–water partition coefficient (Wildman–Crippen LogP) is 0.512. The molecule has 1 aliphatic rings. The molecule has 0 aromatic heterocycles. The molecule has 0 saturated heterocycles. The Balaban J connectivity index is 2.55. The quantitative estimate of drug-likeness (QED) is 0.580. The second kappa shape index (κ2) is 3.72. The normalized spacial score (nSPS) is 20.2. The van der Waals surface area contributed by atoms with Gasteiger partial charge in [-0.25, -0.2) is 0 Å². The summed E-state index contributed by atoms with van der Waals surface area (Å²) in [6, 6.07) is -0.365. The third-order valence-corrected chi connectivity index (χ3v) is 2.03. The maximum atomic E-state index is 11.4. The minimum atomic E-state index is -0.365. The van der Waals surface area contributed by atoms with Crippen LogP contribution in [0.4, 0.5) is 0 Å². The molecule has 1 rings (SSSR count). The molecule has 0 bridgehead atoms. The molecular formula is C9H16N2O. The topological polar surface area (TPSA) is 46.3 Å². The molecule has 1 amide bonds. The molecule has 1 aliphatic heterocycles. The van der Waals surface area contributed by atoms with E-state index < -0.39 is 0 Å². The van der Waals surface area contributed by atoms with Crippen LogP contribution in [0.3, 0.4) is 0 Å². The van der Waals surface area contributed by atoms with Gasteiger partial charge in [0.1, 0.15) is 0 Å². The van der Waals surface area contributed by atoms with Gasteiger partial charge in [0.05, 0.1) is 6.04 Å². The fourth-order valence-electron chi connectivity index (χ4n) is 1.39. The van der Waals surface area contributed by atoms with E-state index in [1.54, 1.807) is 6.92 Å². The first kappa shape index (κ1) is 9.26. The number of hydrogen-bond acceptors (Lipinski definition) is 2. The van der Waals surface area contributed by atoms with Gasteiger partial charge in [0.15, 0.2) is 0 Å². The van der Waals surface area contributed by atoms with E-state index >= 15 is 0 Å². The van der Waals surface area contributed by atoms with Crippen molar-refractivity contribution in [3.05, 3.63) is 11.6 Å². The lowest BCUT2D eigenvalue weighted by molar-refractivity contribution is -0.131. The van der Waals surface area contributed by atoms with E-state index in [9.17, 15) is 4.79 Å². The first-order chi connectivity index (χ1) is 5.61. The lowest BCUT2D eigenvalue weighted by atomic mass is 10.1. The SMILES string of the molecule is CC1=CCCN(C(=O)[C@@H](C)N)C1. The monoisotopic (exact) mass is 168 g/mol. The average molecular weight is 168 g/mol. The third kappa shape index (κ3) is 2.08. The van der Waals surface area contributed by atoms with Crippen LogP contribution < -0.4 is 5.73 Å². The van der Waals surface area contributed by atoms with E-state index in [1.807, 2.05) is 11.8 Å². The molecule has 0 aliphatic carbocycles. The van der Waals surface area contributed by atoms with Crippen LogP contribution in [0, 0.1) is 0 Å². The molecule has 1 heterocycles. The Hall–Kier alpha value is -0.830. The van der Waals surface area contributed by atoms with Crippen LogP contribution in [-0.4, -0.2) is 29.9 Å². The van der Waals surface area contributed by atoms with Gasteiger partial charge in [-0.3, -0.25) is 4.79 Å². The van der Waals surface area contributed by atoms with Crippen molar-refractivity contribution in [2.45, 2.75) is 26.3 Å². The predicted molar refractivity (Wildman–Crippen MR) is 48.6 cm³/mol. The Labute approximate surface area is 73.2 Å². The van der Waals surface area contributed by atoms with Crippen LogP contribution in [0.25, 0.3) is 0 Å². The van der Waals surface area contributed by atoms with Crippen molar-refractivity contribution in [2.75, 3.05) is 13.1 Å². The fraction of sp³-hybridized carbons (Fsp3) is 0.667. The Morgan fingerprint density at radius 2 is 2.42 bits per heavy atom. The van der Waals surface area contributed by atoms with E-state index in [2.05, 4.69) is 6.08 Å². The molecule has 0 aromatic rings. The molecule has 0 saturated carbocycles. The van der Waals surface area contributed by atoms with Crippen LogP contribution in [-0.2, 0) is 4.79 Å². The van der Waals surface area contributed by atoms with E-state index in [0.29, 0.717) is 0 Å². The summed E-state index contributed by atoms with van der Waals surface area (Å²) in [5, 5.41) is 0. The van der Waals surface area contributed by atoms with Gasteiger partial charge in [-0.1, -0.05) is 11.6 Å². The third-order valence-electron chi connectivity index (χ3n) is 2.03. The van der Waals surface area contributed by atoms with Crippen molar-refractivity contribution in [1.82, 2.24) is 4.90 Å². The van der Waals surface area contributed by atoms with Gasteiger partial charge in [0, 0.05) is 13.1 Å². The number of nitrogens with two attached hydrogens (primary N) is 1. The molecule has 0 unspecified atom stereocenters. The number of carbonyl (C=O) groups excluding carboxylic acids is 1. The molecule has 0 radical (unpaired) electrons. The highest BCUT2D eigenvalue weighted by atomic mass is 16.2. The molecule has 12 heavy (non-hydrogen) atoms. The summed E-state index contributed by atoms with van der Waals surface area (Å²) in [6.07, 6.45) is 3.13. The fourth-order valence-corrected chi connectivity index (χ4v) is 1.39. The molecule has 0 aromatic carbocycles. The first-order valence-corrected chi connectivity index (χ1v) is 4.31. The van der Waals surface area contributed by atoms with Crippen molar-refractivity contribution >= 4 is 5.91 Å². The molecular weight excluding hydrogens is 152 g/mol. The van der Waals surface area contributed by atoms with Crippen molar-refractivity contribution in [3.8, 4) is 0 Å². The number of carbonyl (C=O) groups is 1. The second-order valence-corrected chi connectivity index (χ2v) is 3.39. The highest BCUT2D eigenvalue weighted by molar-refractivity contribution is 5.81. The van der Waals surface area contributed by atoms with Crippen molar-refractivity contribution in [3.63, 3.8) is 0 Å². The number of nitrogens with zero attached hydrogens (tertiary/aromatic N) is 1. The summed E-state index contributed by atoms with van der Waals surface area (Å²) in [4.78, 5) is 13.2. The smallest absolute Gasteiger partial charge is 0.239 e. The van der Waals surface area contributed by atoms with Gasteiger partial charge in [-0.2, -0.15) is 0 Å². The molecule has 68 valence electrons. The molecule has 3 nitrogen and oxygen atoms in total. The van der Waals surface area contributed by atoms with Crippen LogP contribution >= 0.6 is 0 Å². The first-order valence-electron chi connectivity index (χ1n) is 4.31. The second-order valence-electron chi connectivity index (χ2n) is 3.39. The van der Waals surface area contributed by atoms with Crippen LogP contribution in [0.5, 0.6) is 0 Å². The minimum absolute atomic E-state index is 0.0578. The van der Waals surface area contributed by atoms with E-state index in [-0.39, 0.29) is 11.9 Å². The Morgan fingerprint density at radius 3 is 2.92 bits per heavy atom. The van der Waals surface area contributed by atoms with Gasteiger partial charge in [-0.05, 0) is 20.3 Å². The molecule has 2 N–H and O–H groups in total. The molecule has 0 spiro atoms. The largest absolute Gasteiger partial charge is 0.337 e. The lowest BCUT2D eigenvalue weighted by Crippen LogP contribution is -2.44. The van der Waals surface area contributed by atoms with Crippen LogP contribution in [0.2, 0.25) is 0 Å². The summed E-state index contributed by atoms with van der Waals surface area (Å²) in [6.45, 7) is 5.34. The van der Waals surface area contributed by atoms with Gasteiger partial charge in [0.25, 0.3) is 0 Å². The zero-order chi connectivity index (χ0) is 9.14. The van der Waals surface area contributed by atoms with Crippen LogP contribution in [0.15, 0.2) is 11.6 Å². The zero-order valence-corrected chi connectivity index (χ0v) is 7.71. The Kier molecular flexibility index (Phi) is 2.87. The van der Waals surface area contributed by atoms with Crippen molar-refractivity contribution < 1.29 is 4.79 Å². The van der Waals surface area contributed by atoms with Gasteiger partial charge >= 0.3 is 0 Å². The number of amides is 1. The number of rotatable bonds is 1. The minimum Gasteiger partial charge on any atom is -0.337 e. The maximum absolute atomic E-state index is 11.4. The lowest BCUT2D eigenvalue weighted by Gasteiger charge is -2.27. The van der Waals surface area contributed by atoms with Crippen molar-refractivity contribution in [1.29, 1.82) is 0 Å². The molecule has 0 fully saturated rings.